The first-order valence-corrected chi connectivity index (χ1v) is 6.36. The van der Waals surface area contributed by atoms with Crippen molar-refractivity contribution in [3.8, 4) is 0 Å². The molecule has 1 saturated carbocycles. The zero-order valence-corrected chi connectivity index (χ0v) is 10.1. The van der Waals surface area contributed by atoms with Crippen molar-refractivity contribution in [1.29, 1.82) is 0 Å². The summed E-state index contributed by atoms with van der Waals surface area (Å²) in [5.74, 6) is 1.91. The van der Waals surface area contributed by atoms with Gasteiger partial charge in [-0.2, -0.15) is 0 Å². The fourth-order valence-electron chi connectivity index (χ4n) is 1.51. The van der Waals surface area contributed by atoms with Crippen LogP contribution in [0.2, 0.25) is 0 Å². The summed E-state index contributed by atoms with van der Waals surface area (Å²) in [7, 11) is 0. The fourth-order valence-corrected chi connectivity index (χ4v) is 2.93. The number of hydrogen-bond donors (Lipinski definition) is 1. The van der Waals surface area contributed by atoms with Crippen LogP contribution in [0.4, 0.5) is 0 Å². The van der Waals surface area contributed by atoms with Crippen LogP contribution in [-0.4, -0.2) is 6.54 Å². The third kappa shape index (κ3) is 2.79. The summed E-state index contributed by atoms with van der Waals surface area (Å²) in [4.78, 5) is 1.42. The Morgan fingerprint density at radius 3 is 3.00 bits per heavy atom. The average molecular weight is 260 g/mol. The van der Waals surface area contributed by atoms with Crippen molar-refractivity contribution in [2.75, 3.05) is 6.54 Å². The van der Waals surface area contributed by atoms with Crippen molar-refractivity contribution in [3.63, 3.8) is 0 Å². The maximum Gasteiger partial charge on any atom is 0.0300 e. The van der Waals surface area contributed by atoms with Gasteiger partial charge in [0.15, 0.2) is 0 Å². The molecule has 1 aromatic rings. The van der Waals surface area contributed by atoms with Crippen LogP contribution in [0.1, 0.15) is 18.2 Å². The molecule has 1 aliphatic carbocycles. The molecule has 0 aromatic carbocycles. The molecule has 2 unspecified atom stereocenters. The molecule has 0 saturated heterocycles. The van der Waals surface area contributed by atoms with Crippen molar-refractivity contribution in [2.24, 2.45) is 11.8 Å². The molecular formula is C10H14BrNS. The highest BCUT2D eigenvalue weighted by Gasteiger charge is 2.31. The van der Waals surface area contributed by atoms with E-state index >= 15 is 0 Å². The van der Waals surface area contributed by atoms with Gasteiger partial charge >= 0.3 is 0 Å². The Balaban J connectivity index is 1.68. The zero-order chi connectivity index (χ0) is 9.26. The van der Waals surface area contributed by atoms with Crippen LogP contribution in [0.3, 0.4) is 0 Å². The second-order valence-corrected chi connectivity index (χ2v) is 5.75. The summed E-state index contributed by atoms with van der Waals surface area (Å²) in [6.45, 7) is 4.55. The van der Waals surface area contributed by atoms with Gasteiger partial charge in [-0.05, 0) is 46.8 Å². The Kier molecular flexibility index (Phi) is 3.06. The van der Waals surface area contributed by atoms with Crippen LogP contribution >= 0.6 is 27.3 Å². The van der Waals surface area contributed by atoms with E-state index in [1.54, 1.807) is 0 Å². The topological polar surface area (TPSA) is 12.0 Å². The van der Waals surface area contributed by atoms with E-state index in [1.165, 1.54) is 22.3 Å². The molecule has 2 rings (SSSR count). The molecule has 1 aliphatic rings. The third-order valence-corrected chi connectivity index (χ3v) is 4.30. The first-order valence-electron chi connectivity index (χ1n) is 4.69. The number of thiophene rings is 1. The first-order chi connectivity index (χ1) is 6.25. The lowest BCUT2D eigenvalue weighted by Gasteiger charge is -2.00. The van der Waals surface area contributed by atoms with Gasteiger partial charge in [0.05, 0.1) is 0 Å². The van der Waals surface area contributed by atoms with Gasteiger partial charge in [0.1, 0.15) is 0 Å². The number of hydrogen-bond acceptors (Lipinski definition) is 2. The molecule has 0 spiro atoms. The standard InChI is InChI=1S/C10H14BrNS/c1-7-2-8(7)4-12-5-10-3-9(11)6-13-10/h3,6-8,12H,2,4-5H2,1H3. The SMILES string of the molecule is CC1CC1CNCc1cc(Br)cs1. The summed E-state index contributed by atoms with van der Waals surface area (Å²) < 4.78 is 1.20. The highest BCUT2D eigenvalue weighted by Crippen LogP contribution is 2.36. The normalized spacial score (nSPS) is 26.3. The lowest BCUT2D eigenvalue weighted by molar-refractivity contribution is 0.616. The summed E-state index contributed by atoms with van der Waals surface area (Å²) >= 11 is 5.27. The Hall–Kier alpha value is 0.140. The van der Waals surface area contributed by atoms with E-state index in [0.29, 0.717) is 0 Å². The molecule has 2 atom stereocenters. The molecule has 1 heterocycles. The van der Waals surface area contributed by atoms with Crippen LogP contribution in [0.5, 0.6) is 0 Å². The minimum atomic E-state index is 0.948. The smallest absolute Gasteiger partial charge is 0.0300 e. The molecule has 0 aliphatic heterocycles. The van der Waals surface area contributed by atoms with Gasteiger partial charge in [-0.25, -0.2) is 0 Å². The second kappa shape index (κ2) is 4.11. The van der Waals surface area contributed by atoms with Gasteiger partial charge in [0, 0.05) is 21.3 Å². The number of rotatable bonds is 4. The molecule has 13 heavy (non-hydrogen) atoms. The molecular weight excluding hydrogens is 246 g/mol. The van der Waals surface area contributed by atoms with Gasteiger partial charge < -0.3 is 5.32 Å². The molecule has 3 heteroatoms. The summed E-state index contributed by atoms with van der Waals surface area (Å²) in [5.41, 5.74) is 0. The molecule has 1 aromatic heterocycles. The van der Waals surface area contributed by atoms with E-state index in [9.17, 15) is 0 Å². The predicted octanol–water partition coefficient (Wildman–Crippen LogP) is 3.26. The van der Waals surface area contributed by atoms with Crippen molar-refractivity contribution >= 4 is 27.3 Å². The van der Waals surface area contributed by atoms with Crippen LogP contribution in [-0.2, 0) is 6.54 Å². The van der Waals surface area contributed by atoms with Crippen LogP contribution in [0, 0.1) is 11.8 Å². The number of nitrogens with one attached hydrogen (secondary N) is 1. The molecule has 0 radical (unpaired) electrons. The molecule has 0 bridgehead atoms. The predicted molar refractivity (Wildman–Crippen MR) is 61.0 cm³/mol. The minimum absolute atomic E-state index is 0.948. The van der Waals surface area contributed by atoms with Gasteiger partial charge in [-0.15, -0.1) is 11.3 Å². The summed E-state index contributed by atoms with van der Waals surface area (Å²) in [5, 5.41) is 5.63. The average Bonchev–Trinajstić information content (AvgIpc) is 2.60. The highest BCUT2D eigenvalue weighted by atomic mass is 79.9. The Morgan fingerprint density at radius 1 is 1.69 bits per heavy atom. The molecule has 1 fully saturated rings. The molecule has 0 amide bonds. The van der Waals surface area contributed by atoms with Crippen LogP contribution < -0.4 is 5.32 Å². The van der Waals surface area contributed by atoms with E-state index in [2.05, 4.69) is 39.6 Å². The van der Waals surface area contributed by atoms with Crippen LogP contribution in [0.25, 0.3) is 0 Å². The molecule has 1 nitrogen and oxygen atoms in total. The second-order valence-electron chi connectivity index (χ2n) is 3.84. The van der Waals surface area contributed by atoms with Gasteiger partial charge in [-0.1, -0.05) is 6.92 Å². The summed E-state index contributed by atoms with van der Waals surface area (Å²) in [6, 6.07) is 2.19. The van der Waals surface area contributed by atoms with E-state index < -0.39 is 0 Å². The van der Waals surface area contributed by atoms with E-state index in [1.807, 2.05) is 11.3 Å². The molecule has 1 N–H and O–H groups in total. The largest absolute Gasteiger partial charge is 0.312 e. The van der Waals surface area contributed by atoms with E-state index in [-0.39, 0.29) is 0 Å². The summed E-state index contributed by atoms with van der Waals surface area (Å²) in [6.07, 6.45) is 1.42. The lowest BCUT2D eigenvalue weighted by Crippen LogP contribution is -2.15. The Bertz CT molecular complexity index is 284. The maximum atomic E-state index is 3.50. The monoisotopic (exact) mass is 259 g/mol. The lowest BCUT2D eigenvalue weighted by atomic mass is 10.3. The third-order valence-electron chi connectivity index (χ3n) is 2.60. The van der Waals surface area contributed by atoms with E-state index in [4.69, 9.17) is 0 Å². The molecule has 72 valence electrons. The number of halogens is 1. The van der Waals surface area contributed by atoms with Crippen molar-refractivity contribution in [3.05, 3.63) is 20.8 Å². The van der Waals surface area contributed by atoms with Gasteiger partial charge in [-0.3, -0.25) is 0 Å². The van der Waals surface area contributed by atoms with Crippen LogP contribution in [0.15, 0.2) is 15.9 Å². The van der Waals surface area contributed by atoms with Crippen molar-refractivity contribution in [1.82, 2.24) is 5.32 Å². The Labute approximate surface area is 91.7 Å². The van der Waals surface area contributed by atoms with Gasteiger partial charge in [0.2, 0.25) is 0 Å². The highest BCUT2D eigenvalue weighted by molar-refractivity contribution is 9.10. The quantitative estimate of drug-likeness (QED) is 0.876. The fraction of sp³-hybridized carbons (Fsp3) is 0.600. The van der Waals surface area contributed by atoms with Crippen molar-refractivity contribution < 1.29 is 0 Å². The van der Waals surface area contributed by atoms with E-state index in [0.717, 1.165) is 18.4 Å². The zero-order valence-electron chi connectivity index (χ0n) is 7.72. The van der Waals surface area contributed by atoms with Crippen molar-refractivity contribution in [2.45, 2.75) is 19.9 Å². The minimum Gasteiger partial charge on any atom is -0.312 e. The maximum absolute atomic E-state index is 3.50. The Morgan fingerprint density at radius 2 is 2.46 bits per heavy atom. The van der Waals surface area contributed by atoms with Gasteiger partial charge in [0.25, 0.3) is 0 Å². The first kappa shape index (κ1) is 9.69.